The monoisotopic (exact) mass is 364 g/mol. The van der Waals surface area contributed by atoms with E-state index in [4.69, 9.17) is 9.47 Å². The zero-order valence-corrected chi connectivity index (χ0v) is 15.7. The Kier molecular flexibility index (Phi) is 7.33. The van der Waals surface area contributed by atoms with Crippen molar-refractivity contribution >= 4 is 33.4 Å². The quantitative estimate of drug-likeness (QED) is 0.533. The molecular formula is C18H24N2O4S. The molecule has 1 aromatic carbocycles. The van der Waals surface area contributed by atoms with E-state index in [1.165, 1.54) is 11.3 Å². The number of hydrogen-bond acceptors (Lipinski definition) is 5. The van der Waals surface area contributed by atoms with Gasteiger partial charge >= 0.3 is 5.97 Å². The van der Waals surface area contributed by atoms with E-state index in [0.29, 0.717) is 43.2 Å². The predicted molar refractivity (Wildman–Crippen MR) is 97.7 cm³/mol. The van der Waals surface area contributed by atoms with Crippen molar-refractivity contribution in [1.29, 1.82) is 0 Å². The lowest BCUT2D eigenvalue weighted by atomic mass is 10.2. The fourth-order valence-corrected chi connectivity index (χ4v) is 3.51. The molecule has 7 heteroatoms. The number of benzene rings is 1. The summed E-state index contributed by atoms with van der Waals surface area (Å²) in [7, 11) is 0. The van der Waals surface area contributed by atoms with E-state index >= 15 is 0 Å². The summed E-state index contributed by atoms with van der Waals surface area (Å²) in [5, 5.41) is 0. The van der Waals surface area contributed by atoms with Gasteiger partial charge in [-0.1, -0.05) is 18.3 Å². The van der Waals surface area contributed by atoms with E-state index in [1.807, 2.05) is 24.5 Å². The lowest BCUT2D eigenvalue weighted by molar-refractivity contribution is -0.118. The fourth-order valence-electron chi connectivity index (χ4n) is 2.39. The summed E-state index contributed by atoms with van der Waals surface area (Å²) in [5.41, 5.74) is 1.43. The maximum Gasteiger partial charge on any atom is 0.338 e. The molecule has 25 heavy (non-hydrogen) atoms. The first-order valence-corrected chi connectivity index (χ1v) is 9.38. The average Bonchev–Trinajstić information content (AvgIpc) is 2.92. The van der Waals surface area contributed by atoms with E-state index in [-0.39, 0.29) is 11.9 Å². The van der Waals surface area contributed by atoms with E-state index in [9.17, 15) is 9.59 Å². The molecule has 2 rings (SSSR count). The lowest BCUT2D eigenvalue weighted by Gasteiger charge is -2.06. The van der Waals surface area contributed by atoms with Crippen LogP contribution in [0.3, 0.4) is 0 Å². The van der Waals surface area contributed by atoms with Crippen LogP contribution in [-0.2, 0) is 20.8 Å². The number of ether oxygens (including phenoxy) is 2. The third-order valence-electron chi connectivity index (χ3n) is 3.54. The Labute approximate surface area is 151 Å². The summed E-state index contributed by atoms with van der Waals surface area (Å²) in [6, 6.07) is 5.40. The van der Waals surface area contributed by atoms with Gasteiger partial charge in [0.15, 0.2) is 4.80 Å². The Morgan fingerprint density at radius 1 is 1.20 bits per heavy atom. The second kappa shape index (κ2) is 9.48. The number of esters is 1. The molecule has 1 amide bonds. The van der Waals surface area contributed by atoms with Crippen molar-refractivity contribution in [3.8, 4) is 0 Å². The van der Waals surface area contributed by atoms with Gasteiger partial charge in [-0.05, 0) is 38.5 Å². The van der Waals surface area contributed by atoms with Crippen molar-refractivity contribution < 1.29 is 19.1 Å². The molecule has 1 aromatic heterocycles. The van der Waals surface area contributed by atoms with Crippen LogP contribution in [0.15, 0.2) is 23.2 Å². The maximum absolute atomic E-state index is 12.0. The summed E-state index contributed by atoms with van der Waals surface area (Å²) in [4.78, 5) is 28.8. The van der Waals surface area contributed by atoms with Crippen LogP contribution in [0, 0.1) is 0 Å². The lowest BCUT2D eigenvalue weighted by Crippen LogP contribution is -2.19. The van der Waals surface area contributed by atoms with Gasteiger partial charge in [0.05, 0.1) is 29.0 Å². The number of amides is 1. The summed E-state index contributed by atoms with van der Waals surface area (Å²) in [6.45, 7) is 7.78. The standard InChI is InChI=1S/C18H24N2O4S/c1-4-7-16(21)19-18-20(10-11-23-5-2)14-9-8-13(12-15(14)25-18)17(22)24-6-3/h8-9,12H,4-7,10-11H2,1-3H3. The number of rotatable bonds is 8. The highest BCUT2D eigenvalue weighted by Crippen LogP contribution is 2.20. The van der Waals surface area contributed by atoms with Crippen molar-refractivity contribution in [2.45, 2.75) is 40.2 Å². The van der Waals surface area contributed by atoms with Crippen molar-refractivity contribution in [3.63, 3.8) is 0 Å². The summed E-state index contributed by atoms with van der Waals surface area (Å²) in [5.74, 6) is -0.482. The fraction of sp³-hybridized carbons (Fsp3) is 0.500. The topological polar surface area (TPSA) is 69.9 Å². The predicted octanol–water partition coefficient (Wildman–Crippen LogP) is 3.14. The van der Waals surface area contributed by atoms with Crippen LogP contribution >= 0.6 is 11.3 Å². The van der Waals surface area contributed by atoms with Crippen LogP contribution in [0.25, 0.3) is 10.2 Å². The zero-order chi connectivity index (χ0) is 18.2. The first-order chi connectivity index (χ1) is 12.1. The first-order valence-electron chi connectivity index (χ1n) is 8.56. The second-order valence-corrected chi connectivity index (χ2v) is 6.40. The second-order valence-electron chi connectivity index (χ2n) is 5.39. The summed E-state index contributed by atoms with van der Waals surface area (Å²) < 4.78 is 13.4. The van der Waals surface area contributed by atoms with Gasteiger partial charge in [0.1, 0.15) is 0 Å². The molecular weight excluding hydrogens is 340 g/mol. The Balaban J connectivity index is 2.47. The number of aromatic nitrogens is 1. The molecule has 0 bridgehead atoms. The Morgan fingerprint density at radius 3 is 2.68 bits per heavy atom. The van der Waals surface area contributed by atoms with Crippen molar-refractivity contribution in [2.24, 2.45) is 4.99 Å². The molecule has 2 aromatic rings. The maximum atomic E-state index is 12.0. The van der Waals surface area contributed by atoms with E-state index < -0.39 is 0 Å². The van der Waals surface area contributed by atoms with Gasteiger partial charge in [0.2, 0.25) is 5.91 Å². The number of fused-ring (bicyclic) bond motifs is 1. The molecule has 0 aliphatic heterocycles. The average molecular weight is 364 g/mol. The minimum atomic E-state index is -0.348. The molecule has 0 spiro atoms. The molecule has 0 atom stereocenters. The molecule has 136 valence electrons. The molecule has 0 aliphatic rings. The molecule has 0 fully saturated rings. The van der Waals surface area contributed by atoms with E-state index in [2.05, 4.69) is 4.99 Å². The molecule has 0 saturated heterocycles. The number of thiazole rings is 1. The van der Waals surface area contributed by atoms with Crippen LogP contribution in [0.5, 0.6) is 0 Å². The SMILES string of the molecule is CCCC(=O)N=c1sc2cc(C(=O)OCC)ccc2n1CCOCC. The molecule has 0 unspecified atom stereocenters. The van der Waals surface area contributed by atoms with Gasteiger partial charge in [-0.25, -0.2) is 4.79 Å². The highest BCUT2D eigenvalue weighted by atomic mass is 32.1. The van der Waals surface area contributed by atoms with Gasteiger partial charge in [-0.3, -0.25) is 4.79 Å². The molecule has 0 saturated carbocycles. The number of hydrogen-bond donors (Lipinski definition) is 0. The molecule has 0 radical (unpaired) electrons. The van der Waals surface area contributed by atoms with Crippen molar-refractivity contribution in [3.05, 3.63) is 28.6 Å². The number of carbonyl (C=O) groups is 2. The summed E-state index contributed by atoms with van der Waals surface area (Å²) >= 11 is 1.40. The van der Waals surface area contributed by atoms with Crippen molar-refractivity contribution in [1.82, 2.24) is 4.57 Å². The van der Waals surface area contributed by atoms with E-state index in [0.717, 1.165) is 16.6 Å². The normalized spacial score (nSPS) is 11.9. The van der Waals surface area contributed by atoms with Gasteiger partial charge in [0, 0.05) is 19.6 Å². The first kappa shape index (κ1) is 19.3. The highest BCUT2D eigenvalue weighted by Gasteiger charge is 2.12. The highest BCUT2D eigenvalue weighted by molar-refractivity contribution is 7.16. The summed E-state index contributed by atoms with van der Waals surface area (Å²) in [6.07, 6.45) is 1.19. The van der Waals surface area contributed by atoms with Crippen LogP contribution in [0.4, 0.5) is 0 Å². The molecule has 0 aliphatic carbocycles. The van der Waals surface area contributed by atoms with Gasteiger partial charge in [0.25, 0.3) is 0 Å². The molecule has 0 N–H and O–H groups in total. The van der Waals surface area contributed by atoms with Crippen molar-refractivity contribution in [2.75, 3.05) is 19.8 Å². The van der Waals surface area contributed by atoms with Crippen LogP contribution in [0.1, 0.15) is 44.0 Å². The number of carbonyl (C=O) groups excluding carboxylic acids is 2. The van der Waals surface area contributed by atoms with Gasteiger partial charge < -0.3 is 14.0 Å². The van der Waals surface area contributed by atoms with Crippen LogP contribution < -0.4 is 4.80 Å². The van der Waals surface area contributed by atoms with Gasteiger partial charge in [-0.15, -0.1) is 0 Å². The zero-order valence-electron chi connectivity index (χ0n) is 14.9. The smallest absolute Gasteiger partial charge is 0.338 e. The third kappa shape index (κ3) is 4.99. The third-order valence-corrected chi connectivity index (χ3v) is 4.58. The minimum Gasteiger partial charge on any atom is -0.462 e. The molecule has 1 heterocycles. The van der Waals surface area contributed by atoms with Gasteiger partial charge in [-0.2, -0.15) is 4.99 Å². The Hall–Kier alpha value is -1.99. The van der Waals surface area contributed by atoms with Crippen LogP contribution in [-0.4, -0.2) is 36.3 Å². The number of nitrogens with zero attached hydrogens (tertiary/aromatic N) is 2. The minimum absolute atomic E-state index is 0.134. The Bertz CT molecular complexity index is 807. The van der Waals surface area contributed by atoms with Crippen LogP contribution in [0.2, 0.25) is 0 Å². The largest absolute Gasteiger partial charge is 0.462 e. The Morgan fingerprint density at radius 2 is 2.00 bits per heavy atom. The molecule has 6 nitrogen and oxygen atoms in total. The van der Waals surface area contributed by atoms with E-state index in [1.54, 1.807) is 19.1 Å².